The topological polar surface area (TPSA) is 99.1 Å². The Morgan fingerprint density at radius 3 is 1.57 bits per heavy atom. The molecule has 8 nitrogen and oxygen atoms in total. The summed E-state index contributed by atoms with van der Waals surface area (Å²) in [5.41, 5.74) is 0. The summed E-state index contributed by atoms with van der Waals surface area (Å²) in [7, 11) is 5.49. The lowest BCUT2D eigenvalue weighted by Gasteiger charge is -2.31. The zero-order chi connectivity index (χ0) is 42.8. The van der Waals surface area contributed by atoms with Gasteiger partial charge in [0.2, 0.25) is 0 Å². The number of allylic oxidation sites excluding steroid dienone is 18. The van der Waals surface area contributed by atoms with Crippen LogP contribution in [-0.4, -0.2) is 80.6 Å². The molecule has 0 aromatic rings. The number of rotatable bonds is 37. The van der Waals surface area contributed by atoms with Gasteiger partial charge < -0.3 is 23.8 Å². The minimum atomic E-state index is -0.890. The van der Waals surface area contributed by atoms with Crippen molar-refractivity contribution in [1.82, 2.24) is 0 Å². The molecule has 0 saturated carbocycles. The lowest BCUT2D eigenvalue weighted by atomic mass is 10.1. The van der Waals surface area contributed by atoms with Crippen molar-refractivity contribution < 1.29 is 38.2 Å². The van der Waals surface area contributed by atoms with Crippen LogP contribution in [0.5, 0.6) is 0 Å². The van der Waals surface area contributed by atoms with Crippen LogP contribution in [0.2, 0.25) is 0 Å². The molecule has 0 rings (SSSR count). The second-order valence-corrected chi connectivity index (χ2v) is 15.3. The van der Waals surface area contributed by atoms with Crippen molar-refractivity contribution in [1.29, 1.82) is 0 Å². The summed E-state index contributed by atoms with van der Waals surface area (Å²) in [5, 5.41) is 9.62. The summed E-state index contributed by atoms with van der Waals surface area (Å²) >= 11 is 0. The van der Waals surface area contributed by atoms with Gasteiger partial charge in [-0.1, -0.05) is 149 Å². The number of likely N-dealkylation sites (N-methyl/N-ethyl adjacent to an activating group) is 1. The van der Waals surface area contributed by atoms with Crippen LogP contribution in [0.3, 0.4) is 0 Å². The molecule has 0 aromatic carbocycles. The van der Waals surface area contributed by atoms with E-state index in [9.17, 15) is 19.5 Å². The number of quaternary nitrogens is 1. The van der Waals surface area contributed by atoms with E-state index in [4.69, 9.17) is 14.2 Å². The number of nitrogens with zero attached hydrogens (tertiary/aromatic N) is 1. The molecule has 326 valence electrons. The van der Waals surface area contributed by atoms with E-state index in [0.29, 0.717) is 19.3 Å². The SMILES string of the molecule is CC/C=C/C=C/C=C/C=C/CCCCCCCC(=O)OCC(COCCC(C(=O)O)[N+](C)(C)C)OC(=O)CCCCC/C=C/C/C=C/C/C=C/C/C=C/C/C=C/CC. The van der Waals surface area contributed by atoms with Crippen LogP contribution in [0.15, 0.2) is 109 Å². The number of ether oxygens (including phenoxy) is 3. The molecule has 0 aromatic heterocycles. The number of carbonyl (C=O) groups excluding carboxylic acids is 2. The fraction of sp³-hybridized carbons (Fsp3) is 0.580. The molecule has 0 fully saturated rings. The molecule has 0 radical (unpaired) electrons. The molecule has 58 heavy (non-hydrogen) atoms. The molecule has 0 bridgehead atoms. The minimum Gasteiger partial charge on any atom is -0.477 e. The van der Waals surface area contributed by atoms with E-state index in [-0.39, 0.29) is 42.7 Å². The van der Waals surface area contributed by atoms with Gasteiger partial charge in [-0.3, -0.25) is 9.59 Å². The molecule has 0 saturated heterocycles. The molecule has 2 atom stereocenters. The van der Waals surface area contributed by atoms with Crippen LogP contribution in [0.4, 0.5) is 0 Å². The number of hydrogen-bond donors (Lipinski definition) is 1. The molecule has 0 aliphatic rings. The molecule has 0 aliphatic heterocycles. The standard InChI is InChI=1S/C50H79NO7/c1-6-8-10-12-14-16-18-20-22-23-24-25-27-29-31-33-35-37-39-41-49(53)58-46(44-56-43-42-47(50(54)55)51(3,4)5)45-57-48(52)40-38-36-34-32-30-28-26-21-19-17-15-13-11-9-7-2/h8-11,13-17,19-22,24-26,29,31,46-47H,6-7,12,18,23,27-28,30,32-45H2,1-5H3/p+1/b10-8+,11-9+,15-13+,16-14+,19-17+,22-20+,25-24+,26-21+,31-29+. The van der Waals surface area contributed by atoms with E-state index in [0.717, 1.165) is 96.3 Å². The van der Waals surface area contributed by atoms with Crippen LogP contribution in [0, 0.1) is 0 Å². The highest BCUT2D eigenvalue weighted by Gasteiger charge is 2.31. The fourth-order valence-corrected chi connectivity index (χ4v) is 5.66. The lowest BCUT2D eigenvalue weighted by Crippen LogP contribution is -2.50. The van der Waals surface area contributed by atoms with Gasteiger partial charge in [0.15, 0.2) is 12.1 Å². The van der Waals surface area contributed by atoms with Crippen molar-refractivity contribution in [3.05, 3.63) is 109 Å². The average molecular weight is 807 g/mol. The predicted molar refractivity (Wildman–Crippen MR) is 242 cm³/mol. The Hall–Kier alpha value is -4.01. The number of hydrogen-bond acceptors (Lipinski definition) is 6. The van der Waals surface area contributed by atoms with Crippen molar-refractivity contribution >= 4 is 17.9 Å². The zero-order valence-electron chi connectivity index (χ0n) is 36.9. The van der Waals surface area contributed by atoms with Gasteiger partial charge in [0, 0.05) is 19.3 Å². The van der Waals surface area contributed by atoms with E-state index in [1.807, 2.05) is 51.5 Å². The van der Waals surface area contributed by atoms with Crippen molar-refractivity contribution in [3.8, 4) is 0 Å². The van der Waals surface area contributed by atoms with E-state index in [2.05, 4.69) is 92.8 Å². The quantitative estimate of drug-likeness (QED) is 0.0219. The first-order valence-electron chi connectivity index (χ1n) is 22.0. The molecule has 1 N–H and O–H groups in total. The number of esters is 2. The highest BCUT2D eigenvalue weighted by molar-refractivity contribution is 5.72. The molecule has 8 heteroatoms. The van der Waals surface area contributed by atoms with Gasteiger partial charge in [-0.25, -0.2) is 4.79 Å². The van der Waals surface area contributed by atoms with Gasteiger partial charge >= 0.3 is 17.9 Å². The van der Waals surface area contributed by atoms with Crippen molar-refractivity contribution in [2.45, 2.75) is 148 Å². The molecule has 2 unspecified atom stereocenters. The van der Waals surface area contributed by atoms with E-state index < -0.39 is 18.1 Å². The van der Waals surface area contributed by atoms with Crippen LogP contribution in [0.1, 0.15) is 136 Å². The Labute approximate surface area is 353 Å². The normalized spacial score (nSPS) is 14.0. The van der Waals surface area contributed by atoms with E-state index >= 15 is 0 Å². The Kier molecular flexibility index (Phi) is 37.0. The van der Waals surface area contributed by atoms with Crippen LogP contribution < -0.4 is 0 Å². The number of unbranched alkanes of at least 4 members (excludes halogenated alkanes) is 8. The third-order valence-corrected chi connectivity index (χ3v) is 9.01. The smallest absolute Gasteiger partial charge is 0.362 e. The first-order valence-corrected chi connectivity index (χ1v) is 22.0. The maximum Gasteiger partial charge on any atom is 0.362 e. The molecular formula is C50H80NO7+. The van der Waals surface area contributed by atoms with Gasteiger partial charge in [-0.05, 0) is 77.0 Å². The number of carboxylic acids is 1. The van der Waals surface area contributed by atoms with E-state index in [1.165, 1.54) is 0 Å². The molecular weight excluding hydrogens is 727 g/mol. The van der Waals surface area contributed by atoms with Crippen LogP contribution >= 0.6 is 0 Å². The third-order valence-electron chi connectivity index (χ3n) is 9.01. The highest BCUT2D eigenvalue weighted by atomic mass is 16.6. The second-order valence-electron chi connectivity index (χ2n) is 15.3. The van der Waals surface area contributed by atoms with E-state index in [1.54, 1.807) is 0 Å². The largest absolute Gasteiger partial charge is 0.477 e. The van der Waals surface area contributed by atoms with Gasteiger partial charge in [-0.15, -0.1) is 0 Å². The van der Waals surface area contributed by atoms with Crippen LogP contribution in [-0.2, 0) is 28.6 Å². The summed E-state index contributed by atoms with van der Waals surface area (Å²) in [5.74, 6) is -1.56. The van der Waals surface area contributed by atoms with Crippen molar-refractivity contribution in [2.75, 3.05) is 41.0 Å². The number of carboxylic acid groups (broad SMARTS) is 1. The summed E-state index contributed by atoms with van der Waals surface area (Å²) < 4.78 is 17.2. The lowest BCUT2D eigenvalue weighted by molar-refractivity contribution is -0.887. The average Bonchev–Trinajstić information content (AvgIpc) is 3.18. The van der Waals surface area contributed by atoms with Gasteiger partial charge in [0.1, 0.15) is 6.61 Å². The predicted octanol–water partition coefficient (Wildman–Crippen LogP) is 12.1. The highest BCUT2D eigenvalue weighted by Crippen LogP contribution is 2.12. The number of aliphatic carboxylic acids is 1. The molecule has 0 amide bonds. The Morgan fingerprint density at radius 2 is 1.00 bits per heavy atom. The van der Waals surface area contributed by atoms with Crippen LogP contribution in [0.25, 0.3) is 0 Å². The summed E-state index contributed by atoms with van der Waals surface area (Å²) in [6.45, 7) is 4.39. The minimum absolute atomic E-state index is 0.0316. The fourth-order valence-electron chi connectivity index (χ4n) is 5.66. The zero-order valence-corrected chi connectivity index (χ0v) is 36.9. The summed E-state index contributed by atoms with van der Waals surface area (Å²) in [6.07, 6.45) is 54.2. The first kappa shape index (κ1) is 54.0. The molecule has 0 aliphatic carbocycles. The molecule has 0 heterocycles. The Balaban J connectivity index is 4.48. The second kappa shape index (κ2) is 39.8. The van der Waals surface area contributed by atoms with Crippen molar-refractivity contribution in [3.63, 3.8) is 0 Å². The Bertz CT molecular complexity index is 1310. The monoisotopic (exact) mass is 807 g/mol. The van der Waals surface area contributed by atoms with Gasteiger partial charge in [0.05, 0.1) is 34.4 Å². The van der Waals surface area contributed by atoms with Gasteiger partial charge in [-0.2, -0.15) is 0 Å². The first-order chi connectivity index (χ1) is 28.1. The molecule has 0 spiro atoms. The number of carbonyl (C=O) groups is 3. The van der Waals surface area contributed by atoms with Gasteiger partial charge in [0.25, 0.3) is 0 Å². The van der Waals surface area contributed by atoms with Crippen molar-refractivity contribution in [2.24, 2.45) is 0 Å². The third kappa shape index (κ3) is 37.6. The maximum atomic E-state index is 12.7. The summed E-state index contributed by atoms with van der Waals surface area (Å²) in [6, 6.07) is -0.632. The maximum absolute atomic E-state index is 12.7. The Morgan fingerprint density at radius 1 is 0.534 bits per heavy atom. The summed E-state index contributed by atoms with van der Waals surface area (Å²) in [4.78, 5) is 37.0.